The first-order valence-electron chi connectivity index (χ1n) is 12.8. The third kappa shape index (κ3) is 4.55. The SMILES string of the molecule is COC(O)N1c2ccc3c(nc(CCc4ccccc4)n3[C@@H]3CCC[C@H](C(=O)O)C3)c2CC[C@@H]1C. The molecule has 1 saturated carbocycles. The van der Waals surface area contributed by atoms with Crippen molar-refractivity contribution in [3.63, 3.8) is 0 Å². The van der Waals surface area contributed by atoms with Crippen molar-refractivity contribution >= 4 is 22.7 Å². The van der Waals surface area contributed by atoms with Crippen molar-refractivity contribution in [1.29, 1.82) is 0 Å². The first kappa shape index (κ1) is 23.8. The number of nitrogens with zero attached hydrogens (tertiary/aromatic N) is 3. The molecular weight excluding hydrogens is 442 g/mol. The van der Waals surface area contributed by atoms with E-state index in [1.165, 1.54) is 12.7 Å². The molecule has 7 heteroatoms. The lowest BCUT2D eigenvalue weighted by Gasteiger charge is -2.39. The van der Waals surface area contributed by atoms with Gasteiger partial charge in [-0.2, -0.15) is 0 Å². The maximum Gasteiger partial charge on any atom is 0.306 e. The molecule has 1 aromatic heterocycles. The number of methoxy groups -OCH3 is 1. The Balaban J connectivity index is 1.59. The minimum atomic E-state index is -1.00. The summed E-state index contributed by atoms with van der Waals surface area (Å²) in [5.41, 5.74) is 5.43. The summed E-state index contributed by atoms with van der Waals surface area (Å²) >= 11 is 0. The van der Waals surface area contributed by atoms with Crippen molar-refractivity contribution in [2.45, 2.75) is 76.8 Å². The van der Waals surface area contributed by atoms with E-state index in [2.05, 4.69) is 47.9 Å². The smallest absolute Gasteiger partial charge is 0.306 e. The van der Waals surface area contributed by atoms with E-state index in [1.807, 2.05) is 11.0 Å². The molecule has 1 fully saturated rings. The van der Waals surface area contributed by atoms with Crippen molar-refractivity contribution in [3.8, 4) is 0 Å². The molecule has 0 saturated heterocycles. The van der Waals surface area contributed by atoms with Crippen LogP contribution in [0, 0.1) is 5.92 Å². The number of ether oxygens (including phenoxy) is 1. The second kappa shape index (κ2) is 9.99. The van der Waals surface area contributed by atoms with Crippen molar-refractivity contribution in [2.24, 2.45) is 5.92 Å². The quantitative estimate of drug-likeness (QED) is 0.480. The van der Waals surface area contributed by atoms with Gasteiger partial charge < -0.3 is 24.4 Å². The molecule has 0 spiro atoms. The zero-order chi connectivity index (χ0) is 24.5. The molecule has 2 aromatic carbocycles. The number of aromatic nitrogens is 2. The van der Waals surface area contributed by atoms with Crippen LogP contribution in [0.2, 0.25) is 0 Å². The van der Waals surface area contributed by atoms with E-state index in [4.69, 9.17) is 9.72 Å². The van der Waals surface area contributed by atoms with Gasteiger partial charge >= 0.3 is 5.97 Å². The summed E-state index contributed by atoms with van der Waals surface area (Å²) < 4.78 is 7.61. The number of rotatable bonds is 7. The van der Waals surface area contributed by atoms with Gasteiger partial charge in [0.2, 0.25) is 6.41 Å². The van der Waals surface area contributed by atoms with Crippen LogP contribution in [-0.4, -0.2) is 45.3 Å². The standard InChI is InChI=1S/C28H35N3O4/c1-18-11-13-22-23(30(18)28(34)35-2)14-15-24-26(22)29-25(16-12-19-7-4-3-5-8-19)31(24)21-10-6-9-20(17-21)27(32)33/h3-5,7-8,14-15,18,20-21,28,34H,6,9-13,16-17H2,1-2H3,(H,32,33)/t18-,20-,21+,28?/m0/s1. The predicted octanol–water partition coefficient (Wildman–Crippen LogP) is 4.70. The number of hydrogen-bond acceptors (Lipinski definition) is 5. The van der Waals surface area contributed by atoms with Gasteiger partial charge in [-0.15, -0.1) is 0 Å². The van der Waals surface area contributed by atoms with E-state index in [0.29, 0.717) is 6.42 Å². The number of aliphatic hydroxyl groups excluding tert-OH is 1. The third-order valence-corrected chi connectivity index (χ3v) is 7.87. The fraction of sp³-hybridized carbons (Fsp3) is 0.500. The van der Waals surface area contributed by atoms with Crippen LogP contribution in [0.3, 0.4) is 0 Å². The largest absolute Gasteiger partial charge is 0.481 e. The highest BCUT2D eigenvalue weighted by atomic mass is 16.6. The van der Waals surface area contributed by atoms with Crippen molar-refractivity contribution in [2.75, 3.05) is 12.0 Å². The summed E-state index contributed by atoms with van der Waals surface area (Å²) in [4.78, 5) is 18.9. The predicted molar refractivity (Wildman–Crippen MR) is 135 cm³/mol. The molecule has 7 nitrogen and oxygen atoms in total. The molecule has 1 unspecified atom stereocenters. The van der Waals surface area contributed by atoms with Gasteiger partial charge in [0.25, 0.3) is 0 Å². The Morgan fingerprint density at radius 2 is 1.94 bits per heavy atom. The van der Waals surface area contributed by atoms with Gasteiger partial charge in [-0.1, -0.05) is 36.8 Å². The minimum Gasteiger partial charge on any atom is -0.481 e. The lowest BCUT2D eigenvalue weighted by molar-refractivity contribution is -0.143. The number of benzene rings is 2. The third-order valence-electron chi connectivity index (χ3n) is 7.87. The molecule has 1 aliphatic heterocycles. The van der Waals surface area contributed by atoms with Crippen molar-refractivity contribution in [1.82, 2.24) is 9.55 Å². The van der Waals surface area contributed by atoms with Gasteiger partial charge in [0.1, 0.15) is 5.82 Å². The number of aryl methyl sites for hydroxylation is 3. The van der Waals surface area contributed by atoms with Crippen LogP contribution in [0.25, 0.3) is 11.0 Å². The fourth-order valence-electron chi connectivity index (χ4n) is 6.03. The van der Waals surface area contributed by atoms with E-state index in [9.17, 15) is 15.0 Å². The van der Waals surface area contributed by atoms with Crippen LogP contribution in [0.5, 0.6) is 0 Å². The van der Waals surface area contributed by atoms with Gasteiger partial charge in [0.15, 0.2) is 0 Å². The number of carboxylic acid groups (broad SMARTS) is 1. The van der Waals surface area contributed by atoms with E-state index in [1.54, 1.807) is 0 Å². The average molecular weight is 478 g/mol. The molecule has 2 N–H and O–H groups in total. The molecule has 0 radical (unpaired) electrons. The van der Waals surface area contributed by atoms with Gasteiger partial charge in [-0.3, -0.25) is 4.79 Å². The van der Waals surface area contributed by atoms with Crippen molar-refractivity contribution < 1.29 is 19.7 Å². The van der Waals surface area contributed by atoms with Crippen LogP contribution in [0.1, 0.15) is 62.0 Å². The van der Waals surface area contributed by atoms with Gasteiger partial charge in [-0.05, 0) is 63.1 Å². The summed E-state index contributed by atoms with van der Waals surface area (Å²) in [6, 6.07) is 14.9. The highest BCUT2D eigenvalue weighted by molar-refractivity contribution is 5.86. The van der Waals surface area contributed by atoms with E-state index < -0.39 is 12.4 Å². The molecule has 186 valence electrons. The maximum atomic E-state index is 11.8. The number of anilines is 1. The molecule has 3 aromatic rings. The number of aliphatic hydroxyl groups is 1. The van der Waals surface area contributed by atoms with Crippen LogP contribution in [-0.2, 0) is 28.8 Å². The Kier molecular flexibility index (Phi) is 6.80. The van der Waals surface area contributed by atoms with Crippen LogP contribution in [0.4, 0.5) is 5.69 Å². The Hall–Kier alpha value is -2.90. The van der Waals surface area contributed by atoms with Crippen LogP contribution in [0.15, 0.2) is 42.5 Å². The topological polar surface area (TPSA) is 87.8 Å². The van der Waals surface area contributed by atoms with Gasteiger partial charge in [0, 0.05) is 36.9 Å². The molecular formula is C28H35N3O4. The summed E-state index contributed by atoms with van der Waals surface area (Å²) in [6.07, 6.45) is 5.73. The summed E-state index contributed by atoms with van der Waals surface area (Å²) in [6.45, 7) is 2.10. The molecule has 2 heterocycles. The van der Waals surface area contributed by atoms with E-state index in [0.717, 1.165) is 73.1 Å². The van der Waals surface area contributed by atoms with Crippen molar-refractivity contribution in [3.05, 3.63) is 59.4 Å². The van der Waals surface area contributed by atoms with Gasteiger partial charge in [-0.25, -0.2) is 4.98 Å². The normalized spacial score (nSPS) is 23.3. The van der Waals surface area contributed by atoms with E-state index in [-0.39, 0.29) is 18.0 Å². The molecule has 0 amide bonds. The second-order valence-corrected chi connectivity index (χ2v) is 10.0. The van der Waals surface area contributed by atoms with Crippen LogP contribution < -0.4 is 4.90 Å². The van der Waals surface area contributed by atoms with E-state index >= 15 is 0 Å². The number of imidazole rings is 1. The zero-order valence-electron chi connectivity index (χ0n) is 20.6. The van der Waals surface area contributed by atoms with Gasteiger partial charge in [0.05, 0.1) is 17.0 Å². The molecule has 0 bridgehead atoms. The number of fused-ring (bicyclic) bond motifs is 3. The number of carbonyl (C=O) groups is 1. The summed E-state index contributed by atoms with van der Waals surface area (Å²) in [7, 11) is 1.52. The molecule has 5 rings (SSSR count). The van der Waals surface area contributed by atoms with Crippen LogP contribution >= 0.6 is 0 Å². The molecule has 2 aliphatic rings. The highest BCUT2D eigenvalue weighted by Crippen LogP contribution is 2.41. The number of hydrogen-bond donors (Lipinski definition) is 2. The Morgan fingerprint density at radius 3 is 2.69 bits per heavy atom. The lowest BCUT2D eigenvalue weighted by Crippen LogP contribution is -2.45. The second-order valence-electron chi connectivity index (χ2n) is 10.0. The highest BCUT2D eigenvalue weighted by Gasteiger charge is 2.33. The molecule has 35 heavy (non-hydrogen) atoms. The first-order chi connectivity index (χ1) is 17.0. The Bertz CT molecular complexity index is 1190. The molecule has 1 aliphatic carbocycles. The molecule has 4 atom stereocenters. The zero-order valence-corrected chi connectivity index (χ0v) is 20.6. The number of aliphatic carboxylic acids is 1. The minimum absolute atomic E-state index is 0.127. The fourth-order valence-corrected chi connectivity index (χ4v) is 6.03. The first-order valence-corrected chi connectivity index (χ1v) is 12.8. The Morgan fingerprint density at radius 1 is 1.14 bits per heavy atom. The average Bonchev–Trinajstić information content (AvgIpc) is 3.26. The summed E-state index contributed by atoms with van der Waals surface area (Å²) in [5, 5.41) is 20.3. The summed E-state index contributed by atoms with van der Waals surface area (Å²) in [5.74, 6) is 0.0188. The lowest BCUT2D eigenvalue weighted by atomic mass is 9.85. The monoisotopic (exact) mass is 477 g/mol. The number of carboxylic acids is 1. The Labute approximate surface area is 206 Å². The maximum absolute atomic E-state index is 11.8.